The minimum atomic E-state index is 0.455. The van der Waals surface area contributed by atoms with Crippen LogP contribution < -0.4 is 15.5 Å². The van der Waals surface area contributed by atoms with Crippen molar-refractivity contribution in [3.05, 3.63) is 48.6 Å². The van der Waals surface area contributed by atoms with E-state index in [0.29, 0.717) is 12.1 Å². The molecule has 0 unspecified atom stereocenters. The Morgan fingerprint density at radius 3 is 2.50 bits per heavy atom. The fourth-order valence-corrected chi connectivity index (χ4v) is 4.12. The van der Waals surface area contributed by atoms with E-state index in [2.05, 4.69) is 32.7 Å². The lowest BCUT2D eigenvalue weighted by Crippen LogP contribution is -2.50. The Kier molecular flexibility index (Phi) is 6.48. The Hall–Kier alpha value is -2.50. The highest BCUT2D eigenvalue weighted by Crippen LogP contribution is 2.19. The predicted octanol–water partition coefficient (Wildman–Crippen LogP) is 3.36. The number of furan rings is 1. The summed E-state index contributed by atoms with van der Waals surface area (Å²) in [4.78, 5) is 11.7. The fraction of sp³-hybridized carbons (Fsp3) is 0.545. The van der Waals surface area contributed by atoms with E-state index < -0.39 is 0 Å². The lowest BCUT2D eigenvalue weighted by Gasteiger charge is -2.34. The van der Waals surface area contributed by atoms with Gasteiger partial charge >= 0.3 is 0 Å². The van der Waals surface area contributed by atoms with Crippen molar-refractivity contribution in [1.29, 1.82) is 0 Å². The topological polar surface area (TPSA) is 65.7 Å². The Morgan fingerprint density at radius 1 is 1.04 bits per heavy atom. The van der Waals surface area contributed by atoms with Crippen molar-refractivity contribution in [2.24, 2.45) is 4.99 Å². The van der Waals surface area contributed by atoms with Crippen LogP contribution in [0.4, 0.5) is 5.82 Å². The number of hydrogen-bond acceptors (Lipinski definition) is 4. The van der Waals surface area contributed by atoms with Gasteiger partial charge in [-0.15, -0.1) is 0 Å². The third-order valence-electron chi connectivity index (χ3n) is 5.71. The van der Waals surface area contributed by atoms with Gasteiger partial charge in [0.15, 0.2) is 5.96 Å². The number of aromatic nitrogens is 1. The van der Waals surface area contributed by atoms with Crippen molar-refractivity contribution in [1.82, 2.24) is 15.6 Å². The van der Waals surface area contributed by atoms with Gasteiger partial charge < -0.3 is 20.0 Å². The number of pyridine rings is 1. The molecular formula is C22H31N5O. The quantitative estimate of drug-likeness (QED) is 0.593. The number of aliphatic imine (C=N–C) groups is 1. The van der Waals surface area contributed by atoms with Gasteiger partial charge in [0.1, 0.15) is 11.6 Å². The molecule has 2 N–H and O–H groups in total. The second-order valence-electron chi connectivity index (χ2n) is 7.78. The zero-order chi connectivity index (χ0) is 19.0. The summed E-state index contributed by atoms with van der Waals surface area (Å²) in [5.74, 6) is 3.04. The Labute approximate surface area is 167 Å². The molecule has 0 amide bonds. The average Bonchev–Trinajstić information content (AvgIpc) is 3.43. The first-order valence-corrected chi connectivity index (χ1v) is 10.6. The highest BCUT2D eigenvalue weighted by molar-refractivity contribution is 5.80. The van der Waals surface area contributed by atoms with Gasteiger partial charge in [0, 0.05) is 44.3 Å². The second kappa shape index (κ2) is 9.62. The molecule has 0 atom stereocenters. The average molecular weight is 382 g/mol. The van der Waals surface area contributed by atoms with Crippen LogP contribution in [0.15, 0.2) is 52.2 Å². The molecule has 0 aromatic carbocycles. The number of hydrogen-bond donors (Lipinski definition) is 2. The molecule has 2 aromatic heterocycles. The third-order valence-corrected chi connectivity index (χ3v) is 5.71. The first kappa shape index (κ1) is 18.8. The van der Waals surface area contributed by atoms with Crippen molar-refractivity contribution in [2.75, 3.05) is 24.5 Å². The van der Waals surface area contributed by atoms with Crippen LogP contribution in [0.3, 0.4) is 0 Å². The summed E-state index contributed by atoms with van der Waals surface area (Å²) in [6.45, 7) is 2.79. The summed E-state index contributed by atoms with van der Waals surface area (Å²) in [5, 5.41) is 7.36. The van der Waals surface area contributed by atoms with Crippen LogP contribution in [0, 0.1) is 0 Å². The Morgan fingerprint density at radius 2 is 1.82 bits per heavy atom. The largest absolute Gasteiger partial charge is 0.469 e. The molecule has 2 fully saturated rings. The first-order chi connectivity index (χ1) is 13.9. The van der Waals surface area contributed by atoms with Gasteiger partial charge in [-0.25, -0.2) is 4.98 Å². The number of guanidine groups is 1. The van der Waals surface area contributed by atoms with E-state index in [1.54, 1.807) is 6.26 Å². The molecular weight excluding hydrogens is 350 g/mol. The van der Waals surface area contributed by atoms with Crippen LogP contribution in [0.25, 0.3) is 0 Å². The minimum Gasteiger partial charge on any atom is -0.469 e. The van der Waals surface area contributed by atoms with Gasteiger partial charge in [-0.3, -0.25) is 4.99 Å². The van der Waals surface area contributed by atoms with Crippen molar-refractivity contribution in [3.8, 4) is 0 Å². The molecule has 0 radical (unpaired) electrons. The van der Waals surface area contributed by atoms with E-state index in [9.17, 15) is 0 Å². The zero-order valence-electron chi connectivity index (χ0n) is 16.5. The van der Waals surface area contributed by atoms with E-state index in [1.165, 1.54) is 25.7 Å². The molecule has 1 aliphatic carbocycles. The molecule has 3 heterocycles. The van der Waals surface area contributed by atoms with Crippen molar-refractivity contribution in [2.45, 2.75) is 57.0 Å². The molecule has 1 saturated carbocycles. The maximum Gasteiger partial charge on any atom is 0.191 e. The smallest absolute Gasteiger partial charge is 0.191 e. The summed E-state index contributed by atoms with van der Waals surface area (Å²) >= 11 is 0. The SMILES string of the molecule is c1ccc(N2CCC(NC(=NCCc3ccco3)NC3CCCC3)CC2)nc1. The number of nitrogens with one attached hydrogen (secondary N) is 2. The summed E-state index contributed by atoms with van der Waals surface area (Å²) in [6, 6.07) is 11.1. The third kappa shape index (κ3) is 5.27. The molecule has 2 aromatic rings. The highest BCUT2D eigenvalue weighted by atomic mass is 16.3. The molecule has 4 rings (SSSR count). The van der Waals surface area contributed by atoms with Crippen LogP contribution in [-0.4, -0.2) is 42.7 Å². The maximum absolute atomic E-state index is 5.43. The monoisotopic (exact) mass is 381 g/mol. The van der Waals surface area contributed by atoms with Crippen LogP contribution >= 0.6 is 0 Å². The number of piperidine rings is 1. The molecule has 1 saturated heterocycles. The van der Waals surface area contributed by atoms with Gasteiger partial charge in [-0.1, -0.05) is 18.9 Å². The molecule has 1 aliphatic heterocycles. The van der Waals surface area contributed by atoms with E-state index >= 15 is 0 Å². The predicted molar refractivity (Wildman–Crippen MR) is 113 cm³/mol. The van der Waals surface area contributed by atoms with E-state index in [1.807, 2.05) is 24.4 Å². The Balaban J connectivity index is 1.31. The van der Waals surface area contributed by atoms with E-state index in [-0.39, 0.29) is 0 Å². The van der Waals surface area contributed by atoms with Gasteiger partial charge in [-0.2, -0.15) is 0 Å². The number of anilines is 1. The zero-order valence-corrected chi connectivity index (χ0v) is 16.5. The lowest BCUT2D eigenvalue weighted by molar-refractivity contribution is 0.454. The van der Waals surface area contributed by atoms with Gasteiger partial charge in [0.05, 0.1) is 6.26 Å². The highest BCUT2D eigenvalue weighted by Gasteiger charge is 2.22. The standard InChI is InChI=1S/C22H31N5O/c1-2-7-18(6-1)25-22(24-14-10-20-8-5-17-28-20)26-19-11-15-27(16-12-19)21-9-3-4-13-23-21/h3-5,8-9,13,17-19H,1-2,6-7,10-12,14-16H2,(H2,24,25,26). The molecule has 150 valence electrons. The second-order valence-corrected chi connectivity index (χ2v) is 7.78. The van der Waals surface area contributed by atoms with Crippen LogP contribution in [0.1, 0.15) is 44.3 Å². The summed E-state index contributed by atoms with van der Waals surface area (Å²) < 4.78 is 5.43. The number of rotatable bonds is 6. The molecule has 28 heavy (non-hydrogen) atoms. The normalized spacial score (nSPS) is 19.1. The fourth-order valence-electron chi connectivity index (χ4n) is 4.12. The van der Waals surface area contributed by atoms with Crippen LogP contribution in [0.5, 0.6) is 0 Å². The lowest BCUT2D eigenvalue weighted by atomic mass is 10.1. The molecule has 6 heteroatoms. The van der Waals surface area contributed by atoms with E-state index in [4.69, 9.17) is 9.41 Å². The molecule has 0 bridgehead atoms. The van der Waals surface area contributed by atoms with Crippen molar-refractivity contribution >= 4 is 11.8 Å². The first-order valence-electron chi connectivity index (χ1n) is 10.6. The van der Waals surface area contributed by atoms with Gasteiger partial charge in [0.2, 0.25) is 0 Å². The summed E-state index contributed by atoms with van der Waals surface area (Å²) in [6.07, 6.45) is 11.8. The van der Waals surface area contributed by atoms with Crippen molar-refractivity contribution < 1.29 is 4.42 Å². The summed E-state index contributed by atoms with van der Waals surface area (Å²) in [5.41, 5.74) is 0. The van der Waals surface area contributed by atoms with E-state index in [0.717, 1.165) is 56.4 Å². The maximum atomic E-state index is 5.43. The van der Waals surface area contributed by atoms with Crippen molar-refractivity contribution in [3.63, 3.8) is 0 Å². The Bertz CT molecular complexity index is 717. The van der Waals surface area contributed by atoms with Gasteiger partial charge in [-0.05, 0) is 49.9 Å². The minimum absolute atomic E-state index is 0.455. The van der Waals surface area contributed by atoms with Crippen LogP contribution in [0.2, 0.25) is 0 Å². The van der Waals surface area contributed by atoms with Gasteiger partial charge in [0.25, 0.3) is 0 Å². The van der Waals surface area contributed by atoms with Crippen LogP contribution in [-0.2, 0) is 6.42 Å². The molecule has 0 spiro atoms. The summed E-state index contributed by atoms with van der Waals surface area (Å²) in [7, 11) is 0. The molecule has 2 aliphatic rings. The number of nitrogens with zero attached hydrogens (tertiary/aromatic N) is 3. The molecule has 6 nitrogen and oxygen atoms in total.